The predicted octanol–water partition coefficient (Wildman–Crippen LogP) is 5.59. The molecule has 1 rings (SSSR count). The molecule has 0 bridgehead atoms. The van der Waals surface area contributed by atoms with E-state index in [1.807, 2.05) is 45.9 Å². The highest BCUT2D eigenvalue weighted by atomic mass is 28.4. The Morgan fingerprint density at radius 2 is 1.00 bits per heavy atom. The van der Waals surface area contributed by atoms with Gasteiger partial charge in [-0.1, -0.05) is 77.3 Å². The largest absolute Gasteiger partial charge is 0.537 e. The molecule has 36 heavy (non-hydrogen) atoms. The van der Waals surface area contributed by atoms with Crippen molar-refractivity contribution >= 4 is 22.8 Å². The van der Waals surface area contributed by atoms with Crippen LogP contribution in [0.2, 0.25) is 0 Å². The second-order valence-corrected chi connectivity index (χ2v) is 13.8. The average molecular weight is 546 g/mol. The monoisotopic (exact) mass is 545 g/mol. The first kappa shape index (κ1) is 35.4. The minimum absolute atomic E-state index is 0.123. The number of benzene rings is 1. The van der Waals surface area contributed by atoms with Crippen LogP contribution in [0.3, 0.4) is 0 Å². The van der Waals surface area contributed by atoms with Gasteiger partial charge in [0.25, 0.3) is 0 Å². The maximum atomic E-state index is 6.24. The standard InChI is InChI=1S/C18H32O3Si.C9H23NO3Si/c1-4-7-15-19-22(20-16-8-5-2,21-17-9-6-3)18-13-11-10-12-14-18;1-5-9(10)14(11-6-2,12-7-3)13-8-4/h10-14H,4-9,15-17H2,1-3H3;9H,5-8,10H2,1-4H3. The molecule has 1 unspecified atom stereocenters. The fourth-order valence-corrected chi connectivity index (χ4v) is 8.56. The minimum atomic E-state index is -2.78. The van der Waals surface area contributed by atoms with Crippen LogP contribution in [0.15, 0.2) is 30.3 Å². The topological polar surface area (TPSA) is 81.4 Å². The van der Waals surface area contributed by atoms with Crippen LogP contribution < -0.4 is 10.9 Å². The molecule has 9 heteroatoms. The Morgan fingerprint density at radius 1 is 0.611 bits per heavy atom. The summed E-state index contributed by atoms with van der Waals surface area (Å²) >= 11 is 0. The highest BCUT2D eigenvalue weighted by Gasteiger charge is 2.46. The third-order valence-corrected chi connectivity index (χ3v) is 11.6. The van der Waals surface area contributed by atoms with Crippen molar-refractivity contribution in [2.24, 2.45) is 5.73 Å². The molecule has 0 radical (unpaired) electrons. The first-order valence-electron chi connectivity index (χ1n) is 14.1. The molecule has 0 aromatic heterocycles. The second-order valence-electron chi connectivity index (χ2n) is 8.45. The molecule has 0 saturated carbocycles. The molecule has 0 amide bonds. The molecule has 1 atom stereocenters. The van der Waals surface area contributed by atoms with E-state index >= 15 is 0 Å². The van der Waals surface area contributed by atoms with E-state index in [4.69, 9.17) is 32.3 Å². The summed E-state index contributed by atoms with van der Waals surface area (Å²) < 4.78 is 35.6. The minimum Gasteiger partial charge on any atom is -0.373 e. The number of nitrogens with two attached hydrogens (primary N) is 1. The first-order chi connectivity index (χ1) is 17.5. The Hall–Kier alpha value is -0.626. The molecule has 0 aliphatic heterocycles. The van der Waals surface area contributed by atoms with E-state index in [-0.39, 0.29) is 5.67 Å². The van der Waals surface area contributed by atoms with E-state index in [1.165, 1.54) is 0 Å². The van der Waals surface area contributed by atoms with Gasteiger partial charge in [-0.25, -0.2) is 0 Å². The van der Waals surface area contributed by atoms with Gasteiger partial charge in [-0.3, -0.25) is 0 Å². The molecular formula is C27H55NO6Si2. The Kier molecular flexibility index (Phi) is 22.0. The fraction of sp³-hybridized carbons (Fsp3) is 0.778. The van der Waals surface area contributed by atoms with Gasteiger partial charge in [0, 0.05) is 44.8 Å². The molecule has 1 aromatic rings. The van der Waals surface area contributed by atoms with Gasteiger partial charge < -0.3 is 32.3 Å². The summed E-state index contributed by atoms with van der Waals surface area (Å²) in [6.07, 6.45) is 7.27. The normalized spacial score (nSPS) is 12.8. The molecule has 0 fully saturated rings. The highest BCUT2D eigenvalue weighted by molar-refractivity contribution is 6.75. The highest BCUT2D eigenvalue weighted by Crippen LogP contribution is 2.16. The van der Waals surface area contributed by atoms with E-state index in [0.717, 1.165) is 50.1 Å². The molecule has 0 heterocycles. The summed E-state index contributed by atoms with van der Waals surface area (Å²) in [5.41, 5.74) is 5.87. The summed E-state index contributed by atoms with van der Waals surface area (Å²) in [6.45, 7) is 18.2. The smallest absolute Gasteiger partial charge is 0.373 e. The molecular weight excluding hydrogens is 490 g/mol. The predicted molar refractivity (Wildman–Crippen MR) is 153 cm³/mol. The van der Waals surface area contributed by atoms with Gasteiger partial charge in [-0.2, -0.15) is 0 Å². The molecule has 0 saturated heterocycles. The zero-order valence-electron chi connectivity index (χ0n) is 24.2. The van der Waals surface area contributed by atoms with E-state index in [0.29, 0.717) is 39.6 Å². The van der Waals surface area contributed by atoms with Crippen LogP contribution in [-0.2, 0) is 26.6 Å². The van der Waals surface area contributed by atoms with Gasteiger partial charge >= 0.3 is 17.6 Å². The molecule has 0 aliphatic carbocycles. The van der Waals surface area contributed by atoms with E-state index in [1.54, 1.807) is 0 Å². The summed E-state index contributed by atoms with van der Waals surface area (Å²) in [4.78, 5) is 0. The van der Waals surface area contributed by atoms with Gasteiger partial charge in [0.15, 0.2) is 0 Å². The number of unbranched alkanes of at least 4 members (excludes halogenated alkanes) is 3. The first-order valence-corrected chi connectivity index (χ1v) is 17.6. The van der Waals surface area contributed by atoms with Gasteiger partial charge in [-0.05, 0) is 46.5 Å². The van der Waals surface area contributed by atoms with Crippen molar-refractivity contribution in [3.05, 3.63) is 30.3 Å². The summed E-state index contributed by atoms with van der Waals surface area (Å²) in [7, 11) is -5.40. The summed E-state index contributed by atoms with van der Waals surface area (Å²) in [6, 6.07) is 10.2. The van der Waals surface area contributed by atoms with Gasteiger partial charge in [-0.15, -0.1) is 0 Å². The third-order valence-electron chi connectivity index (χ3n) is 5.43. The molecule has 0 aliphatic rings. The lowest BCUT2D eigenvalue weighted by molar-refractivity contribution is 0.0618. The van der Waals surface area contributed by atoms with Crippen molar-refractivity contribution in [1.82, 2.24) is 0 Å². The van der Waals surface area contributed by atoms with Crippen LogP contribution >= 0.6 is 0 Å². The zero-order valence-corrected chi connectivity index (χ0v) is 26.2. The maximum absolute atomic E-state index is 6.24. The Labute approximate surface area is 224 Å². The quantitative estimate of drug-likeness (QED) is 0.159. The van der Waals surface area contributed by atoms with Crippen LogP contribution in [0.5, 0.6) is 0 Å². The van der Waals surface area contributed by atoms with E-state index in [9.17, 15) is 0 Å². The Bertz CT molecular complexity index is 568. The summed E-state index contributed by atoms with van der Waals surface area (Å²) in [5.74, 6) is 0. The van der Waals surface area contributed by atoms with Gasteiger partial charge in [0.2, 0.25) is 0 Å². The molecule has 0 spiro atoms. The third kappa shape index (κ3) is 13.3. The Morgan fingerprint density at radius 3 is 1.31 bits per heavy atom. The number of hydrogen-bond donors (Lipinski definition) is 1. The van der Waals surface area contributed by atoms with Crippen molar-refractivity contribution in [3.8, 4) is 0 Å². The van der Waals surface area contributed by atoms with E-state index in [2.05, 4.69) is 32.9 Å². The van der Waals surface area contributed by atoms with Crippen molar-refractivity contribution in [3.63, 3.8) is 0 Å². The lowest BCUT2D eigenvalue weighted by Crippen LogP contribution is -2.60. The van der Waals surface area contributed by atoms with Crippen LogP contribution in [0, 0.1) is 0 Å². The lowest BCUT2D eigenvalue weighted by atomic mass is 10.4. The SMILES string of the molecule is CCCCO[Si](OCCCC)(OCCCC)c1ccccc1.CCO[Si](OCC)(OCC)C(N)CC. The number of rotatable bonds is 21. The number of hydrogen-bond acceptors (Lipinski definition) is 7. The fourth-order valence-electron chi connectivity index (χ4n) is 3.37. The molecule has 212 valence electrons. The zero-order chi connectivity index (χ0) is 27.1. The summed E-state index contributed by atoms with van der Waals surface area (Å²) in [5, 5.41) is 1.08. The van der Waals surface area contributed by atoms with Crippen LogP contribution in [-0.4, -0.2) is 62.9 Å². The molecule has 1 aromatic carbocycles. The lowest BCUT2D eigenvalue weighted by Gasteiger charge is -2.32. The van der Waals surface area contributed by atoms with Gasteiger partial charge in [0.05, 0.1) is 5.67 Å². The maximum Gasteiger partial charge on any atom is 0.537 e. The Balaban J connectivity index is 0.000000757. The average Bonchev–Trinajstić information content (AvgIpc) is 2.89. The van der Waals surface area contributed by atoms with Crippen LogP contribution in [0.25, 0.3) is 0 Å². The van der Waals surface area contributed by atoms with Crippen LogP contribution in [0.4, 0.5) is 0 Å². The molecule has 7 nitrogen and oxygen atoms in total. The van der Waals surface area contributed by atoms with Crippen molar-refractivity contribution < 1.29 is 26.6 Å². The second kappa shape index (κ2) is 22.4. The van der Waals surface area contributed by atoms with Crippen LogP contribution in [0.1, 0.15) is 93.4 Å². The van der Waals surface area contributed by atoms with Crippen molar-refractivity contribution in [1.29, 1.82) is 0 Å². The van der Waals surface area contributed by atoms with Gasteiger partial charge in [0.1, 0.15) is 0 Å². The van der Waals surface area contributed by atoms with Crippen molar-refractivity contribution in [2.45, 2.75) is 99.1 Å². The van der Waals surface area contributed by atoms with E-state index < -0.39 is 17.6 Å². The molecule has 2 N–H and O–H groups in total. The van der Waals surface area contributed by atoms with Crippen molar-refractivity contribution in [2.75, 3.05) is 39.6 Å².